The summed E-state index contributed by atoms with van der Waals surface area (Å²) in [5, 5.41) is 0. The van der Waals surface area contributed by atoms with Crippen molar-refractivity contribution in [3.8, 4) is 0 Å². The fourth-order valence-corrected chi connectivity index (χ4v) is 1.72. The maximum Gasteiger partial charge on any atom is 0.225 e. The molecule has 0 spiro atoms. The lowest BCUT2D eigenvalue weighted by molar-refractivity contribution is 0.824. The minimum atomic E-state index is 0.446. The molecule has 0 bridgehead atoms. The van der Waals surface area contributed by atoms with Crippen molar-refractivity contribution in [1.82, 2.24) is 9.97 Å². The van der Waals surface area contributed by atoms with Gasteiger partial charge in [0.15, 0.2) is 0 Å². The van der Waals surface area contributed by atoms with E-state index in [1.54, 1.807) is 6.20 Å². The number of aromatic nitrogens is 2. The number of rotatable bonds is 5. The van der Waals surface area contributed by atoms with Gasteiger partial charge in [-0.1, -0.05) is 30.3 Å². The lowest BCUT2D eigenvalue weighted by Crippen LogP contribution is -2.23. The maximum absolute atomic E-state index is 5.58. The number of nitrogens with two attached hydrogens (primary N) is 1. The lowest BCUT2D eigenvalue weighted by atomic mass is 10.1. The molecule has 2 rings (SSSR count). The largest absolute Gasteiger partial charge is 0.344 e. The summed E-state index contributed by atoms with van der Waals surface area (Å²) in [6.07, 6.45) is 2.73. The van der Waals surface area contributed by atoms with E-state index in [4.69, 9.17) is 5.73 Å². The molecule has 0 radical (unpaired) electrons. The van der Waals surface area contributed by atoms with Crippen LogP contribution in [0.1, 0.15) is 11.3 Å². The number of anilines is 1. The van der Waals surface area contributed by atoms with Crippen molar-refractivity contribution < 1.29 is 0 Å². The zero-order valence-corrected chi connectivity index (χ0v) is 10.6. The zero-order valence-electron chi connectivity index (χ0n) is 10.6. The summed E-state index contributed by atoms with van der Waals surface area (Å²) < 4.78 is 0. The highest BCUT2D eigenvalue weighted by atomic mass is 15.2. The zero-order chi connectivity index (χ0) is 12.8. The monoisotopic (exact) mass is 242 g/mol. The van der Waals surface area contributed by atoms with Crippen molar-refractivity contribution in [1.29, 1.82) is 0 Å². The Kier molecular flexibility index (Phi) is 4.25. The summed E-state index contributed by atoms with van der Waals surface area (Å²) in [6, 6.07) is 12.2. The second-order valence-corrected chi connectivity index (χ2v) is 4.21. The predicted octanol–water partition coefficient (Wildman–Crippen LogP) is 1.61. The average molecular weight is 242 g/mol. The van der Waals surface area contributed by atoms with E-state index < -0.39 is 0 Å². The van der Waals surface area contributed by atoms with Crippen LogP contribution < -0.4 is 10.6 Å². The smallest absolute Gasteiger partial charge is 0.225 e. The third-order valence-electron chi connectivity index (χ3n) is 2.83. The van der Waals surface area contributed by atoms with Gasteiger partial charge in [-0.25, -0.2) is 9.97 Å². The molecule has 0 aliphatic carbocycles. The first-order valence-corrected chi connectivity index (χ1v) is 6.06. The number of hydrogen-bond acceptors (Lipinski definition) is 4. The van der Waals surface area contributed by atoms with Crippen LogP contribution in [0.25, 0.3) is 0 Å². The minimum absolute atomic E-state index is 0.446. The number of benzene rings is 1. The van der Waals surface area contributed by atoms with Gasteiger partial charge in [0.1, 0.15) is 0 Å². The average Bonchev–Trinajstić information content (AvgIpc) is 2.46. The van der Waals surface area contributed by atoms with Crippen molar-refractivity contribution >= 4 is 5.95 Å². The maximum atomic E-state index is 5.58. The fourth-order valence-electron chi connectivity index (χ4n) is 1.72. The second kappa shape index (κ2) is 6.12. The van der Waals surface area contributed by atoms with E-state index in [0.717, 1.165) is 24.6 Å². The van der Waals surface area contributed by atoms with Gasteiger partial charge in [-0.3, -0.25) is 0 Å². The lowest BCUT2D eigenvalue weighted by Gasteiger charge is -2.17. The van der Waals surface area contributed by atoms with Gasteiger partial charge < -0.3 is 10.6 Å². The molecular formula is C14H18N4. The molecule has 0 unspecified atom stereocenters. The van der Waals surface area contributed by atoms with Gasteiger partial charge >= 0.3 is 0 Å². The molecule has 1 aromatic heterocycles. The Labute approximate surface area is 107 Å². The molecule has 1 heterocycles. The molecular weight excluding hydrogens is 224 g/mol. The Bertz CT molecular complexity index is 484. The Morgan fingerprint density at radius 1 is 1.17 bits per heavy atom. The van der Waals surface area contributed by atoms with Gasteiger partial charge in [0.2, 0.25) is 5.95 Å². The van der Waals surface area contributed by atoms with E-state index in [1.165, 1.54) is 5.56 Å². The normalized spacial score (nSPS) is 10.3. The van der Waals surface area contributed by atoms with Crippen LogP contribution in [-0.4, -0.2) is 23.6 Å². The van der Waals surface area contributed by atoms with Gasteiger partial charge in [0, 0.05) is 26.3 Å². The molecule has 2 aromatic rings. The summed E-state index contributed by atoms with van der Waals surface area (Å²) in [6.45, 7) is 1.33. The molecule has 0 aliphatic rings. The van der Waals surface area contributed by atoms with E-state index >= 15 is 0 Å². The van der Waals surface area contributed by atoms with Crippen molar-refractivity contribution in [3.05, 3.63) is 53.9 Å². The van der Waals surface area contributed by atoms with Crippen molar-refractivity contribution in [2.24, 2.45) is 5.73 Å². The van der Waals surface area contributed by atoms with E-state index in [1.807, 2.05) is 24.1 Å². The summed E-state index contributed by atoms with van der Waals surface area (Å²) in [5.41, 5.74) is 7.76. The Balaban J connectivity index is 1.97. The fraction of sp³-hybridized carbons (Fsp3) is 0.286. The molecule has 4 heteroatoms. The van der Waals surface area contributed by atoms with Crippen molar-refractivity contribution in [3.63, 3.8) is 0 Å². The van der Waals surface area contributed by atoms with Gasteiger partial charge in [-0.15, -0.1) is 0 Å². The standard InChI is InChI=1S/C14H18N4/c1-18(10-8-12-5-3-2-4-6-12)14-16-9-7-13(11-15)17-14/h2-7,9H,8,10-11,15H2,1H3. The van der Waals surface area contributed by atoms with Gasteiger partial charge in [-0.05, 0) is 18.1 Å². The number of nitrogens with zero attached hydrogens (tertiary/aromatic N) is 3. The number of likely N-dealkylation sites (N-methyl/N-ethyl adjacent to an activating group) is 1. The van der Waals surface area contributed by atoms with E-state index in [9.17, 15) is 0 Å². The molecule has 18 heavy (non-hydrogen) atoms. The molecule has 0 fully saturated rings. The summed E-state index contributed by atoms with van der Waals surface area (Å²) in [4.78, 5) is 10.7. The third kappa shape index (κ3) is 3.28. The summed E-state index contributed by atoms with van der Waals surface area (Å²) in [7, 11) is 2.00. The number of hydrogen-bond donors (Lipinski definition) is 1. The van der Waals surface area contributed by atoms with Crippen LogP contribution >= 0.6 is 0 Å². The SMILES string of the molecule is CN(CCc1ccccc1)c1nccc(CN)n1. The highest BCUT2D eigenvalue weighted by Crippen LogP contribution is 2.07. The summed E-state index contributed by atoms with van der Waals surface area (Å²) in [5.74, 6) is 0.730. The third-order valence-corrected chi connectivity index (χ3v) is 2.83. The Morgan fingerprint density at radius 2 is 1.94 bits per heavy atom. The van der Waals surface area contributed by atoms with Gasteiger partial charge in [0.25, 0.3) is 0 Å². The molecule has 1 aromatic carbocycles. The first kappa shape index (κ1) is 12.5. The molecule has 4 nitrogen and oxygen atoms in total. The molecule has 0 amide bonds. The topological polar surface area (TPSA) is 55.0 Å². The van der Waals surface area contributed by atoms with E-state index in [0.29, 0.717) is 6.54 Å². The molecule has 0 aliphatic heterocycles. The van der Waals surface area contributed by atoms with E-state index in [-0.39, 0.29) is 0 Å². The molecule has 2 N–H and O–H groups in total. The van der Waals surface area contributed by atoms with Gasteiger partial charge in [-0.2, -0.15) is 0 Å². The van der Waals surface area contributed by atoms with Crippen LogP contribution in [0.15, 0.2) is 42.6 Å². The highest BCUT2D eigenvalue weighted by Gasteiger charge is 2.04. The first-order valence-electron chi connectivity index (χ1n) is 6.06. The van der Waals surface area contributed by atoms with Crippen LogP contribution in [-0.2, 0) is 13.0 Å². The highest BCUT2D eigenvalue weighted by molar-refractivity contribution is 5.29. The molecule has 0 saturated heterocycles. The van der Waals surface area contributed by atoms with Gasteiger partial charge in [0.05, 0.1) is 5.69 Å². The predicted molar refractivity (Wildman–Crippen MR) is 73.3 cm³/mol. The first-order chi connectivity index (χ1) is 8.79. The quantitative estimate of drug-likeness (QED) is 0.865. The summed E-state index contributed by atoms with van der Waals surface area (Å²) >= 11 is 0. The van der Waals surface area contributed by atoms with Crippen LogP contribution in [0.5, 0.6) is 0 Å². The van der Waals surface area contributed by atoms with Crippen LogP contribution in [0.4, 0.5) is 5.95 Å². The molecule has 94 valence electrons. The van der Waals surface area contributed by atoms with Crippen LogP contribution in [0.2, 0.25) is 0 Å². The van der Waals surface area contributed by atoms with Crippen molar-refractivity contribution in [2.75, 3.05) is 18.5 Å². The second-order valence-electron chi connectivity index (χ2n) is 4.21. The molecule has 0 atom stereocenters. The van der Waals surface area contributed by atoms with Crippen molar-refractivity contribution in [2.45, 2.75) is 13.0 Å². The Morgan fingerprint density at radius 3 is 2.67 bits per heavy atom. The van der Waals surface area contributed by atoms with Crippen LogP contribution in [0.3, 0.4) is 0 Å². The van der Waals surface area contributed by atoms with Crippen LogP contribution in [0, 0.1) is 0 Å². The minimum Gasteiger partial charge on any atom is -0.344 e. The Hall–Kier alpha value is -1.94. The van der Waals surface area contributed by atoms with E-state index in [2.05, 4.69) is 34.2 Å². The molecule has 0 saturated carbocycles.